The predicted molar refractivity (Wildman–Crippen MR) is 147 cm³/mol. The zero-order valence-corrected chi connectivity index (χ0v) is 22.4. The third-order valence-corrected chi connectivity index (χ3v) is 7.91. The third-order valence-electron chi connectivity index (χ3n) is 6.12. The van der Waals surface area contributed by atoms with E-state index >= 15 is 0 Å². The lowest BCUT2D eigenvalue weighted by Crippen LogP contribution is -2.51. The maximum absolute atomic E-state index is 13.8. The lowest BCUT2D eigenvalue weighted by molar-refractivity contribution is -0.139. The fraction of sp³-hybridized carbons (Fsp3) is 0.310. The molecular formula is C29H35N3O4S. The van der Waals surface area contributed by atoms with Crippen molar-refractivity contribution in [3.05, 3.63) is 96.1 Å². The standard InChI is InChI=1S/C29H35N3O4S/c1-4-5-20-30-29(34)24(3)31(21-25-18-16-23(2)17-19-25)28(33)22-32(26-12-8-6-9-13-26)37(35,36)27-14-10-7-11-15-27/h6-19,24H,4-5,20-22H2,1-3H3,(H,30,34). The molecule has 7 nitrogen and oxygen atoms in total. The Morgan fingerprint density at radius 3 is 2.08 bits per heavy atom. The molecule has 3 aromatic rings. The molecule has 3 aromatic carbocycles. The maximum atomic E-state index is 13.8. The van der Waals surface area contributed by atoms with Gasteiger partial charge in [0.05, 0.1) is 10.6 Å². The van der Waals surface area contributed by atoms with Crippen LogP contribution in [0, 0.1) is 6.92 Å². The Bertz CT molecular complexity index is 1260. The van der Waals surface area contributed by atoms with Crippen LogP contribution in [0.25, 0.3) is 0 Å². The lowest BCUT2D eigenvalue weighted by atomic mass is 10.1. The first-order valence-corrected chi connectivity index (χ1v) is 13.9. The topological polar surface area (TPSA) is 86.8 Å². The molecule has 8 heteroatoms. The fourth-order valence-electron chi connectivity index (χ4n) is 3.85. The van der Waals surface area contributed by atoms with Crippen LogP contribution < -0.4 is 9.62 Å². The van der Waals surface area contributed by atoms with Crippen LogP contribution in [0.3, 0.4) is 0 Å². The van der Waals surface area contributed by atoms with Gasteiger partial charge in [-0.25, -0.2) is 8.42 Å². The van der Waals surface area contributed by atoms with Crippen molar-refractivity contribution in [3.8, 4) is 0 Å². The number of amides is 2. The number of nitrogens with one attached hydrogen (secondary N) is 1. The minimum atomic E-state index is -4.04. The minimum Gasteiger partial charge on any atom is -0.354 e. The molecule has 37 heavy (non-hydrogen) atoms. The van der Waals surface area contributed by atoms with Gasteiger partial charge in [0.2, 0.25) is 11.8 Å². The molecule has 0 saturated heterocycles. The van der Waals surface area contributed by atoms with Crippen LogP contribution in [-0.4, -0.2) is 44.3 Å². The van der Waals surface area contributed by atoms with E-state index in [0.717, 1.165) is 28.3 Å². The van der Waals surface area contributed by atoms with Crippen LogP contribution in [0.4, 0.5) is 5.69 Å². The summed E-state index contributed by atoms with van der Waals surface area (Å²) in [4.78, 5) is 28.3. The molecule has 0 radical (unpaired) electrons. The van der Waals surface area contributed by atoms with Crippen molar-refractivity contribution < 1.29 is 18.0 Å². The Kier molecular flexibility index (Phi) is 9.85. The summed E-state index contributed by atoms with van der Waals surface area (Å²) >= 11 is 0. The van der Waals surface area contributed by atoms with Gasteiger partial charge in [0.25, 0.3) is 10.0 Å². The molecule has 196 valence electrons. The van der Waals surface area contributed by atoms with Gasteiger partial charge in [0.15, 0.2) is 0 Å². The van der Waals surface area contributed by atoms with E-state index in [1.165, 1.54) is 17.0 Å². The SMILES string of the molecule is CCCCNC(=O)C(C)N(Cc1ccc(C)cc1)C(=O)CN(c1ccccc1)S(=O)(=O)c1ccccc1. The van der Waals surface area contributed by atoms with Crippen molar-refractivity contribution in [1.29, 1.82) is 0 Å². The van der Waals surface area contributed by atoms with Crippen LogP contribution >= 0.6 is 0 Å². The van der Waals surface area contributed by atoms with Crippen LogP contribution in [0.5, 0.6) is 0 Å². The van der Waals surface area contributed by atoms with Crippen molar-refractivity contribution >= 4 is 27.5 Å². The Morgan fingerprint density at radius 2 is 1.49 bits per heavy atom. The quantitative estimate of drug-likeness (QED) is 0.355. The number of aryl methyl sites for hydroxylation is 1. The Morgan fingerprint density at radius 1 is 0.892 bits per heavy atom. The largest absolute Gasteiger partial charge is 0.354 e. The number of nitrogens with zero attached hydrogens (tertiary/aromatic N) is 2. The molecule has 0 heterocycles. The Balaban J connectivity index is 1.95. The second-order valence-corrected chi connectivity index (χ2v) is 10.9. The van der Waals surface area contributed by atoms with Gasteiger partial charge in [-0.3, -0.25) is 13.9 Å². The van der Waals surface area contributed by atoms with Gasteiger partial charge in [-0.05, 0) is 50.1 Å². The van der Waals surface area contributed by atoms with E-state index in [0.29, 0.717) is 12.2 Å². The third kappa shape index (κ3) is 7.43. The summed E-state index contributed by atoms with van der Waals surface area (Å²) in [7, 11) is -4.04. The first-order valence-electron chi connectivity index (χ1n) is 12.5. The second kappa shape index (κ2) is 13.1. The van der Waals surface area contributed by atoms with Crippen molar-refractivity contribution in [3.63, 3.8) is 0 Å². The van der Waals surface area contributed by atoms with Gasteiger partial charge in [-0.1, -0.05) is 79.6 Å². The van der Waals surface area contributed by atoms with Gasteiger partial charge in [-0.2, -0.15) is 0 Å². The number of benzene rings is 3. The van der Waals surface area contributed by atoms with Crippen LogP contribution in [0.15, 0.2) is 89.8 Å². The van der Waals surface area contributed by atoms with E-state index in [1.54, 1.807) is 55.5 Å². The molecule has 0 aromatic heterocycles. The van der Waals surface area contributed by atoms with Crippen molar-refractivity contribution in [2.45, 2.75) is 51.1 Å². The number of hydrogen-bond donors (Lipinski definition) is 1. The van der Waals surface area contributed by atoms with Crippen molar-refractivity contribution in [2.24, 2.45) is 0 Å². The van der Waals surface area contributed by atoms with E-state index in [2.05, 4.69) is 5.32 Å². The highest BCUT2D eigenvalue weighted by Gasteiger charge is 2.32. The summed E-state index contributed by atoms with van der Waals surface area (Å²) in [6, 6.07) is 23.5. The number of para-hydroxylation sites is 1. The number of sulfonamides is 1. The molecular weight excluding hydrogens is 486 g/mol. The maximum Gasteiger partial charge on any atom is 0.264 e. The second-order valence-electron chi connectivity index (χ2n) is 8.99. The summed E-state index contributed by atoms with van der Waals surface area (Å²) in [5, 5.41) is 2.89. The van der Waals surface area contributed by atoms with Gasteiger partial charge in [0.1, 0.15) is 12.6 Å². The summed E-state index contributed by atoms with van der Waals surface area (Å²) in [5.41, 5.74) is 2.30. The van der Waals surface area contributed by atoms with Crippen molar-refractivity contribution in [2.75, 3.05) is 17.4 Å². The van der Waals surface area contributed by atoms with Crippen molar-refractivity contribution in [1.82, 2.24) is 10.2 Å². The molecule has 0 fully saturated rings. The number of anilines is 1. The molecule has 2 amide bonds. The molecule has 1 unspecified atom stereocenters. The van der Waals surface area contributed by atoms with Crippen LogP contribution in [0.2, 0.25) is 0 Å². The average molecular weight is 522 g/mol. The molecule has 0 bridgehead atoms. The lowest BCUT2D eigenvalue weighted by Gasteiger charge is -2.32. The van der Waals surface area contributed by atoms with E-state index in [9.17, 15) is 18.0 Å². The summed E-state index contributed by atoms with van der Waals surface area (Å²) < 4.78 is 28.4. The molecule has 0 aliphatic heterocycles. The summed E-state index contributed by atoms with van der Waals surface area (Å²) in [6.07, 6.45) is 1.77. The highest BCUT2D eigenvalue weighted by atomic mass is 32.2. The highest BCUT2D eigenvalue weighted by Crippen LogP contribution is 2.24. The van der Waals surface area contributed by atoms with E-state index < -0.39 is 28.5 Å². The molecule has 0 aliphatic rings. The Labute approximate surface area is 220 Å². The monoisotopic (exact) mass is 521 g/mol. The average Bonchev–Trinajstić information content (AvgIpc) is 2.91. The number of unbranched alkanes of at least 4 members (excludes halogenated alkanes) is 1. The predicted octanol–water partition coefficient (Wildman–Crippen LogP) is 4.52. The number of hydrogen-bond acceptors (Lipinski definition) is 4. The number of carbonyl (C=O) groups excluding carboxylic acids is 2. The minimum absolute atomic E-state index is 0.0853. The first kappa shape index (κ1) is 27.9. The smallest absolute Gasteiger partial charge is 0.264 e. The molecule has 3 rings (SSSR count). The summed E-state index contributed by atoms with van der Waals surface area (Å²) in [5.74, 6) is -0.742. The van der Waals surface area contributed by atoms with Crippen LogP contribution in [-0.2, 0) is 26.2 Å². The zero-order valence-electron chi connectivity index (χ0n) is 21.6. The van der Waals surface area contributed by atoms with E-state index in [4.69, 9.17) is 0 Å². The molecule has 0 spiro atoms. The Hall–Kier alpha value is -3.65. The normalized spacial score (nSPS) is 12.0. The van der Waals surface area contributed by atoms with Crippen LogP contribution in [0.1, 0.15) is 37.8 Å². The van der Waals surface area contributed by atoms with E-state index in [-0.39, 0.29) is 17.3 Å². The first-order chi connectivity index (χ1) is 17.7. The number of carbonyl (C=O) groups is 2. The molecule has 1 N–H and O–H groups in total. The highest BCUT2D eigenvalue weighted by molar-refractivity contribution is 7.92. The summed E-state index contributed by atoms with van der Waals surface area (Å²) in [6.45, 7) is 5.93. The van der Waals surface area contributed by atoms with Gasteiger partial charge in [-0.15, -0.1) is 0 Å². The van der Waals surface area contributed by atoms with Gasteiger partial charge < -0.3 is 10.2 Å². The van der Waals surface area contributed by atoms with Gasteiger partial charge >= 0.3 is 0 Å². The zero-order chi connectivity index (χ0) is 26.8. The number of rotatable bonds is 12. The van der Waals surface area contributed by atoms with E-state index in [1.807, 2.05) is 38.1 Å². The molecule has 0 saturated carbocycles. The molecule has 1 atom stereocenters. The molecule has 0 aliphatic carbocycles. The fourth-order valence-corrected chi connectivity index (χ4v) is 5.29. The van der Waals surface area contributed by atoms with Gasteiger partial charge in [0, 0.05) is 13.1 Å².